The van der Waals surface area contributed by atoms with E-state index in [4.69, 9.17) is 0 Å². The lowest BCUT2D eigenvalue weighted by atomic mass is 10.0. The van der Waals surface area contributed by atoms with Crippen LogP contribution in [-0.2, 0) is 9.84 Å². The number of aromatic hydroxyl groups is 1. The molecule has 1 atom stereocenters. The number of sulfone groups is 1. The van der Waals surface area contributed by atoms with Crippen molar-refractivity contribution in [3.8, 4) is 5.75 Å². The molecule has 0 fully saturated rings. The van der Waals surface area contributed by atoms with Crippen molar-refractivity contribution in [2.45, 2.75) is 24.3 Å². The van der Waals surface area contributed by atoms with Crippen LogP contribution in [0.5, 0.6) is 5.75 Å². The van der Waals surface area contributed by atoms with E-state index in [1.165, 1.54) is 6.26 Å². The zero-order valence-corrected chi connectivity index (χ0v) is 12.9. The standard InChI is InChI=1S/C16H19NO3S/c1-3-15(14-6-4-5-7-16(14)18)17-12-8-10-13(11-9-12)21(2,19)20/h4-11,15,17-18H,3H2,1-2H3. The first-order valence-electron chi connectivity index (χ1n) is 6.76. The molecule has 0 aromatic heterocycles. The molecule has 0 heterocycles. The number of rotatable bonds is 5. The molecule has 2 aromatic rings. The van der Waals surface area contributed by atoms with E-state index < -0.39 is 9.84 Å². The second-order valence-electron chi connectivity index (χ2n) is 4.96. The highest BCUT2D eigenvalue weighted by Crippen LogP contribution is 2.29. The normalized spacial score (nSPS) is 12.9. The number of phenols is 1. The molecular formula is C16H19NO3S. The van der Waals surface area contributed by atoms with Gasteiger partial charge >= 0.3 is 0 Å². The monoisotopic (exact) mass is 305 g/mol. The lowest BCUT2D eigenvalue weighted by Crippen LogP contribution is -2.10. The largest absolute Gasteiger partial charge is 0.508 e. The average Bonchev–Trinajstić information content (AvgIpc) is 2.45. The Kier molecular flexibility index (Phi) is 4.53. The maximum atomic E-state index is 11.4. The first-order valence-corrected chi connectivity index (χ1v) is 8.65. The van der Waals surface area contributed by atoms with Gasteiger partial charge in [-0.3, -0.25) is 0 Å². The topological polar surface area (TPSA) is 66.4 Å². The first-order chi connectivity index (χ1) is 9.91. The second kappa shape index (κ2) is 6.18. The van der Waals surface area contributed by atoms with Gasteiger partial charge in [-0.25, -0.2) is 8.42 Å². The van der Waals surface area contributed by atoms with Gasteiger partial charge in [-0.15, -0.1) is 0 Å². The summed E-state index contributed by atoms with van der Waals surface area (Å²) in [7, 11) is -3.18. The summed E-state index contributed by atoms with van der Waals surface area (Å²) in [5.41, 5.74) is 1.64. The van der Waals surface area contributed by atoms with E-state index in [0.717, 1.165) is 17.7 Å². The third kappa shape index (κ3) is 3.76. The number of anilines is 1. The maximum Gasteiger partial charge on any atom is 0.175 e. The Labute approximate surface area is 125 Å². The Morgan fingerprint density at radius 1 is 1.10 bits per heavy atom. The van der Waals surface area contributed by atoms with Gasteiger partial charge in [-0.2, -0.15) is 0 Å². The SMILES string of the molecule is CCC(Nc1ccc(S(C)(=O)=O)cc1)c1ccccc1O. The predicted octanol–water partition coefficient (Wildman–Crippen LogP) is 3.36. The third-order valence-electron chi connectivity index (χ3n) is 3.34. The van der Waals surface area contributed by atoms with Crippen LogP contribution in [0.3, 0.4) is 0 Å². The van der Waals surface area contributed by atoms with Gasteiger partial charge < -0.3 is 10.4 Å². The van der Waals surface area contributed by atoms with Crippen molar-refractivity contribution < 1.29 is 13.5 Å². The molecule has 5 heteroatoms. The Morgan fingerprint density at radius 2 is 1.71 bits per heavy atom. The molecular weight excluding hydrogens is 286 g/mol. The Bertz CT molecular complexity index is 709. The molecule has 2 aromatic carbocycles. The first kappa shape index (κ1) is 15.4. The van der Waals surface area contributed by atoms with E-state index in [0.29, 0.717) is 4.90 Å². The molecule has 4 nitrogen and oxygen atoms in total. The zero-order chi connectivity index (χ0) is 15.5. The highest BCUT2D eigenvalue weighted by molar-refractivity contribution is 7.90. The van der Waals surface area contributed by atoms with Crippen LogP contribution in [0.1, 0.15) is 24.9 Å². The number of para-hydroxylation sites is 1. The summed E-state index contributed by atoms with van der Waals surface area (Å²) in [5.74, 6) is 0.254. The van der Waals surface area contributed by atoms with Crippen LogP contribution in [0.2, 0.25) is 0 Å². The van der Waals surface area contributed by atoms with Crippen LogP contribution < -0.4 is 5.32 Å². The summed E-state index contributed by atoms with van der Waals surface area (Å²) in [5, 5.41) is 13.2. The lowest BCUT2D eigenvalue weighted by Gasteiger charge is -2.20. The maximum absolute atomic E-state index is 11.4. The number of phenolic OH excluding ortho intramolecular Hbond substituents is 1. The molecule has 1 unspecified atom stereocenters. The summed E-state index contributed by atoms with van der Waals surface area (Å²) in [6.45, 7) is 2.02. The number of hydrogen-bond donors (Lipinski definition) is 2. The zero-order valence-electron chi connectivity index (χ0n) is 12.1. The van der Waals surface area contributed by atoms with Crippen molar-refractivity contribution in [2.75, 3.05) is 11.6 Å². The fourth-order valence-electron chi connectivity index (χ4n) is 2.18. The van der Waals surface area contributed by atoms with Crippen molar-refractivity contribution in [2.24, 2.45) is 0 Å². The highest BCUT2D eigenvalue weighted by Gasteiger charge is 2.13. The van der Waals surface area contributed by atoms with Gasteiger partial charge in [-0.1, -0.05) is 25.1 Å². The van der Waals surface area contributed by atoms with E-state index in [-0.39, 0.29) is 11.8 Å². The van der Waals surface area contributed by atoms with Gasteiger partial charge in [0.1, 0.15) is 5.75 Å². The van der Waals surface area contributed by atoms with Crippen molar-refractivity contribution in [1.29, 1.82) is 0 Å². The van der Waals surface area contributed by atoms with Crippen molar-refractivity contribution in [3.05, 3.63) is 54.1 Å². The fourth-order valence-corrected chi connectivity index (χ4v) is 2.81. The number of nitrogens with one attached hydrogen (secondary N) is 1. The molecule has 0 bridgehead atoms. The molecule has 0 aliphatic heterocycles. The smallest absolute Gasteiger partial charge is 0.175 e. The van der Waals surface area contributed by atoms with Crippen LogP contribution in [0.15, 0.2) is 53.4 Å². The van der Waals surface area contributed by atoms with Gasteiger partial charge in [0, 0.05) is 17.5 Å². The van der Waals surface area contributed by atoms with Crippen molar-refractivity contribution in [1.82, 2.24) is 0 Å². The van der Waals surface area contributed by atoms with E-state index in [1.54, 1.807) is 36.4 Å². The molecule has 0 saturated carbocycles. The Hall–Kier alpha value is -2.01. The number of hydrogen-bond acceptors (Lipinski definition) is 4. The predicted molar refractivity (Wildman–Crippen MR) is 84.3 cm³/mol. The summed E-state index contributed by atoms with van der Waals surface area (Å²) in [4.78, 5) is 0.295. The quantitative estimate of drug-likeness (QED) is 0.889. The van der Waals surface area contributed by atoms with Gasteiger partial charge in [0.2, 0.25) is 0 Å². The third-order valence-corrected chi connectivity index (χ3v) is 4.47. The van der Waals surface area contributed by atoms with Gasteiger partial charge in [0.15, 0.2) is 9.84 Å². The highest BCUT2D eigenvalue weighted by atomic mass is 32.2. The summed E-state index contributed by atoms with van der Waals surface area (Å²) in [6.07, 6.45) is 1.98. The molecule has 2 N–H and O–H groups in total. The number of benzene rings is 2. The summed E-state index contributed by atoms with van der Waals surface area (Å²) < 4.78 is 22.9. The summed E-state index contributed by atoms with van der Waals surface area (Å²) >= 11 is 0. The molecule has 112 valence electrons. The van der Waals surface area contributed by atoms with Crippen LogP contribution in [0, 0.1) is 0 Å². The van der Waals surface area contributed by atoms with Crippen LogP contribution in [0.4, 0.5) is 5.69 Å². The van der Waals surface area contributed by atoms with E-state index in [1.807, 2.05) is 19.1 Å². The molecule has 0 aliphatic rings. The average molecular weight is 305 g/mol. The van der Waals surface area contributed by atoms with Crippen LogP contribution in [0.25, 0.3) is 0 Å². The Morgan fingerprint density at radius 3 is 2.24 bits per heavy atom. The van der Waals surface area contributed by atoms with E-state index in [9.17, 15) is 13.5 Å². The van der Waals surface area contributed by atoms with Crippen LogP contribution >= 0.6 is 0 Å². The van der Waals surface area contributed by atoms with Gasteiger partial charge in [0.05, 0.1) is 10.9 Å². The molecule has 21 heavy (non-hydrogen) atoms. The Balaban J connectivity index is 2.22. The minimum absolute atomic E-state index is 0.0321. The second-order valence-corrected chi connectivity index (χ2v) is 6.98. The molecule has 0 saturated heterocycles. The van der Waals surface area contributed by atoms with Gasteiger partial charge in [0.25, 0.3) is 0 Å². The molecule has 0 aliphatic carbocycles. The van der Waals surface area contributed by atoms with Gasteiger partial charge in [-0.05, 0) is 36.8 Å². The minimum Gasteiger partial charge on any atom is -0.508 e. The molecule has 2 rings (SSSR count). The fraction of sp³-hybridized carbons (Fsp3) is 0.250. The molecule has 0 amide bonds. The summed E-state index contributed by atoms with van der Waals surface area (Å²) in [6, 6.07) is 13.8. The van der Waals surface area contributed by atoms with E-state index >= 15 is 0 Å². The lowest BCUT2D eigenvalue weighted by molar-refractivity contribution is 0.463. The minimum atomic E-state index is -3.18. The van der Waals surface area contributed by atoms with Crippen molar-refractivity contribution >= 4 is 15.5 Å². The van der Waals surface area contributed by atoms with Crippen molar-refractivity contribution in [3.63, 3.8) is 0 Å². The van der Waals surface area contributed by atoms with E-state index in [2.05, 4.69) is 5.32 Å². The molecule has 0 radical (unpaired) electrons. The van der Waals surface area contributed by atoms with Crippen LogP contribution in [-0.4, -0.2) is 19.8 Å². The molecule has 0 spiro atoms.